The van der Waals surface area contributed by atoms with Crippen LogP contribution in [0.15, 0.2) is 48.5 Å². The Hall–Kier alpha value is -2.37. The SMILES string of the molecule is C[N+](C)(C)C1C2CCC1C(OC(=O)C1(O)c3ccccc3Oc3ccccc31)C2. The Labute approximate surface area is 171 Å². The monoisotopic (exact) mass is 394 g/mol. The zero-order valence-corrected chi connectivity index (χ0v) is 17.2. The number of nitrogens with zero attached hydrogens (tertiary/aromatic N) is 1. The van der Waals surface area contributed by atoms with Crippen LogP contribution in [0.2, 0.25) is 0 Å². The smallest absolute Gasteiger partial charge is 0.348 e. The normalized spacial score (nSPS) is 29.0. The summed E-state index contributed by atoms with van der Waals surface area (Å²) in [5.41, 5.74) is -0.982. The van der Waals surface area contributed by atoms with Gasteiger partial charge in [-0.2, -0.15) is 0 Å². The molecule has 4 unspecified atom stereocenters. The van der Waals surface area contributed by atoms with E-state index in [0.717, 1.165) is 17.3 Å². The van der Waals surface area contributed by atoms with Crippen molar-refractivity contribution in [1.29, 1.82) is 0 Å². The van der Waals surface area contributed by atoms with Crippen molar-refractivity contribution in [2.45, 2.75) is 37.0 Å². The van der Waals surface area contributed by atoms with E-state index >= 15 is 0 Å². The Morgan fingerprint density at radius 3 is 2.17 bits per heavy atom. The van der Waals surface area contributed by atoms with Crippen LogP contribution in [0.3, 0.4) is 0 Å². The highest BCUT2D eigenvalue weighted by molar-refractivity contribution is 5.88. The molecule has 5 heteroatoms. The number of hydrogen-bond donors (Lipinski definition) is 1. The van der Waals surface area contributed by atoms with Crippen molar-refractivity contribution >= 4 is 5.97 Å². The van der Waals surface area contributed by atoms with Crippen molar-refractivity contribution in [3.63, 3.8) is 0 Å². The van der Waals surface area contributed by atoms with Gasteiger partial charge in [-0.1, -0.05) is 36.4 Å². The van der Waals surface area contributed by atoms with Crippen molar-refractivity contribution in [2.24, 2.45) is 11.8 Å². The number of quaternary nitrogens is 1. The van der Waals surface area contributed by atoms with Crippen LogP contribution < -0.4 is 4.74 Å². The summed E-state index contributed by atoms with van der Waals surface area (Å²) in [6.45, 7) is 0. The van der Waals surface area contributed by atoms with Crippen LogP contribution in [0.25, 0.3) is 0 Å². The molecule has 2 bridgehead atoms. The van der Waals surface area contributed by atoms with Gasteiger partial charge in [-0.15, -0.1) is 0 Å². The summed E-state index contributed by atoms with van der Waals surface area (Å²) in [7, 11) is 6.66. The molecule has 2 saturated carbocycles. The molecule has 1 heterocycles. The molecular formula is C24H28NO4+. The van der Waals surface area contributed by atoms with Gasteiger partial charge in [0.2, 0.25) is 5.60 Å². The maximum atomic E-state index is 13.5. The van der Waals surface area contributed by atoms with E-state index in [4.69, 9.17) is 9.47 Å². The van der Waals surface area contributed by atoms with E-state index in [-0.39, 0.29) is 6.10 Å². The second-order valence-electron chi connectivity index (χ2n) is 9.59. The van der Waals surface area contributed by atoms with E-state index < -0.39 is 11.6 Å². The van der Waals surface area contributed by atoms with Gasteiger partial charge in [0, 0.05) is 23.0 Å². The third-order valence-corrected chi connectivity index (χ3v) is 7.03. The van der Waals surface area contributed by atoms with Gasteiger partial charge < -0.3 is 19.1 Å². The van der Waals surface area contributed by atoms with Gasteiger partial charge in [-0.05, 0) is 31.4 Å². The first kappa shape index (κ1) is 18.6. The number of benzene rings is 2. The molecular weight excluding hydrogens is 366 g/mol. The lowest BCUT2D eigenvalue weighted by atomic mass is 9.83. The number of fused-ring (bicyclic) bond motifs is 4. The van der Waals surface area contributed by atoms with Crippen LogP contribution in [-0.2, 0) is 15.1 Å². The molecule has 1 N–H and O–H groups in total. The van der Waals surface area contributed by atoms with Crippen LogP contribution in [-0.4, -0.2) is 48.8 Å². The highest BCUT2D eigenvalue weighted by Crippen LogP contribution is 2.52. The van der Waals surface area contributed by atoms with Gasteiger partial charge in [0.25, 0.3) is 0 Å². The molecule has 1 aliphatic heterocycles. The highest BCUT2D eigenvalue weighted by atomic mass is 16.6. The number of ether oxygens (including phenoxy) is 2. The number of rotatable bonds is 3. The lowest BCUT2D eigenvalue weighted by molar-refractivity contribution is -0.900. The van der Waals surface area contributed by atoms with Crippen molar-refractivity contribution < 1.29 is 23.9 Å². The molecule has 29 heavy (non-hydrogen) atoms. The number of carbonyl (C=O) groups excluding carboxylic acids is 1. The van der Waals surface area contributed by atoms with Gasteiger partial charge >= 0.3 is 5.97 Å². The minimum atomic E-state index is -1.86. The zero-order valence-electron chi connectivity index (χ0n) is 17.2. The summed E-state index contributed by atoms with van der Waals surface area (Å²) in [5, 5.41) is 11.7. The van der Waals surface area contributed by atoms with Crippen LogP contribution in [0, 0.1) is 11.8 Å². The third kappa shape index (κ3) is 2.71. The summed E-state index contributed by atoms with van der Waals surface area (Å²) < 4.78 is 12.9. The van der Waals surface area contributed by atoms with Gasteiger partial charge in [0.1, 0.15) is 17.6 Å². The summed E-state index contributed by atoms with van der Waals surface area (Å²) in [5.74, 6) is 1.30. The van der Waals surface area contributed by atoms with Crippen molar-refractivity contribution in [3.05, 3.63) is 59.7 Å². The Morgan fingerprint density at radius 2 is 1.62 bits per heavy atom. The van der Waals surface area contributed by atoms with Gasteiger partial charge in [0.05, 0.1) is 27.2 Å². The maximum Gasteiger partial charge on any atom is 0.348 e. The zero-order chi connectivity index (χ0) is 20.4. The van der Waals surface area contributed by atoms with E-state index in [9.17, 15) is 9.90 Å². The molecule has 2 aromatic rings. The van der Waals surface area contributed by atoms with E-state index in [0.29, 0.717) is 40.5 Å². The first-order valence-corrected chi connectivity index (χ1v) is 10.4. The third-order valence-electron chi connectivity index (χ3n) is 7.03. The Morgan fingerprint density at radius 1 is 1.03 bits per heavy atom. The van der Waals surface area contributed by atoms with Crippen LogP contribution >= 0.6 is 0 Å². The number of aliphatic hydroxyl groups is 1. The number of esters is 1. The van der Waals surface area contributed by atoms with Crippen molar-refractivity contribution in [1.82, 2.24) is 0 Å². The van der Waals surface area contributed by atoms with Crippen LogP contribution in [0.5, 0.6) is 11.5 Å². The quantitative estimate of drug-likeness (QED) is 0.640. The van der Waals surface area contributed by atoms with Crippen molar-refractivity contribution in [2.75, 3.05) is 21.1 Å². The molecule has 4 atom stereocenters. The van der Waals surface area contributed by atoms with E-state index in [1.54, 1.807) is 36.4 Å². The van der Waals surface area contributed by atoms with Gasteiger partial charge in [-0.3, -0.25) is 0 Å². The molecule has 2 aliphatic carbocycles. The molecule has 0 saturated heterocycles. The fourth-order valence-corrected chi connectivity index (χ4v) is 5.99. The predicted molar refractivity (Wildman–Crippen MR) is 108 cm³/mol. The lowest BCUT2D eigenvalue weighted by Crippen LogP contribution is -2.49. The lowest BCUT2D eigenvalue weighted by Gasteiger charge is -2.36. The van der Waals surface area contributed by atoms with E-state index in [1.807, 2.05) is 12.1 Å². The molecule has 0 aromatic heterocycles. The second-order valence-corrected chi connectivity index (χ2v) is 9.59. The first-order chi connectivity index (χ1) is 13.8. The number of hydrogen-bond acceptors (Lipinski definition) is 4. The second kappa shape index (κ2) is 6.31. The molecule has 5 rings (SSSR count). The van der Waals surface area contributed by atoms with Crippen LogP contribution in [0.4, 0.5) is 0 Å². The highest BCUT2D eigenvalue weighted by Gasteiger charge is 2.57. The molecule has 0 spiro atoms. The van der Waals surface area contributed by atoms with E-state index in [1.165, 1.54) is 6.42 Å². The minimum Gasteiger partial charge on any atom is -0.459 e. The fourth-order valence-electron chi connectivity index (χ4n) is 5.99. The Balaban J connectivity index is 1.49. The van der Waals surface area contributed by atoms with Crippen molar-refractivity contribution in [3.8, 4) is 11.5 Å². The molecule has 2 fully saturated rings. The van der Waals surface area contributed by atoms with Gasteiger partial charge in [-0.25, -0.2) is 4.79 Å². The van der Waals surface area contributed by atoms with E-state index in [2.05, 4.69) is 21.1 Å². The maximum absolute atomic E-state index is 13.5. The number of para-hydroxylation sites is 2. The summed E-state index contributed by atoms with van der Waals surface area (Å²) in [6.07, 6.45) is 3.02. The molecule has 0 radical (unpaired) electrons. The molecule has 0 amide bonds. The molecule has 5 nitrogen and oxygen atoms in total. The fraction of sp³-hybridized carbons (Fsp3) is 0.458. The summed E-state index contributed by atoms with van der Waals surface area (Å²) in [6, 6.07) is 14.8. The predicted octanol–water partition coefficient (Wildman–Crippen LogP) is 3.44. The Kier molecular flexibility index (Phi) is 4.06. The Bertz CT molecular complexity index is 918. The minimum absolute atomic E-state index is 0.144. The standard InChI is InChI=1S/C24H28NO4/c1-25(2,3)22-15-12-13-16(22)21(14-15)29-23(26)24(27)17-8-4-6-10-19(17)28-20-11-7-5-9-18(20)24/h4-11,15-16,21-22,27H,12-14H2,1-3H3/q+1. The average molecular weight is 394 g/mol. The van der Waals surface area contributed by atoms with Gasteiger partial charge in [0.15, 0.2) is 0 Å². The number of carbonyl (C=O) groups is 1. The largest absolute Gasteiger partial charge is 0.459 e. The van der Waals surface area contributed by atoms with Crippen LogP contribution in [0.1, 0.15) is 30.4 Å². The molecule has 3 aliphatic rings. The first-order valence-electron chi connectivity index (χ1n) is 10.4. The summed E-state index contributed by atoms with van der Waals surface area (Å²) >= 11 is 0. The topological polar surface area (TPSA) is 55.8 Å². The molecule has 152 valence electrons. The average Bonchev–Trinajstić information content (AvgIpc) is 3.26. The molecule has 2 aromatic carbocycles. The summed E-state index contributed by atoms with van der Waals surface area (Å²) in [4.78, 5) is 13.5.